The van der Waals surface area contributed by atoms with E-state index in [0.717, 1.165) is 19.4 Å². The number of unbranched alkanes of at least 4 members (excludes halogenated alkanes) is 2. The van der Waals surface area contributed by atoms with E-state index < -0.39 is 18.2 Å². The highest BCUT2D eigenvalue weighted by molar-refractivity contribution is 7.80. The van der Waals surface area contributed by atoms with E-state index in [9.17, 15) is 15.0 Å². The van der Waals surface area contributed by atoms with Gasteiger partial charge in [0, 0.05) is 18.9 Å². The molecule has 0 heterocycles. The van der Waals surface area contributed by atoms with Gasteiger partial charge in [0.05, 0.1) is 18.8 Å². The molecule has 1 fully saturated rings. The quantitative estimate of drug-likeness (QED) is 0.250. The van der Waals surface area contributed by atoms with Gasteiger partial charge in [0.2, 0.25) is 0 Å². The van der Waals surface area contributed by atoms with Gasteiger partial charge < -0.3 is 25.4 Å². The van der Waals surface area contributed by atoms with Gasteiger partial charge in [-0.25, -0.2) is 0 Å². The van der Waals surface area contributed by atoms with Gasteiger partial charge in [0.15, 0.2) is 0 Å². The SMILES string of the molecule is CCCCNC(=S)OC[C@@H]1[C@@H](CC=CCCCC(=O)O)[C@@H](O)C[C@H]1O. The summed E-state index contributed by atoms with van der Waals surface area (Å²) in [7, 11) is 0. The Morgan fingerprint density at radius 1 is 1.24 bits per heavy atom. The minimum Gasteiger partial charge on any atom is -0.481 e. The third-order valence-electron chi connectivity index (χ3n) is 4.56. The van der Waals surface area contributed by atoms with Crippen LogP contribution >= 0.6 is 12.2 Å². The summed E-state index contributed by atoms with van der Waals surface area (Å²) in [4.78, 5) is 10.5. The van der Waals surface area contributed by atoms with Gasteiger partial charge in [-0.15, -0.1) is 0 Å². The maximum absolute atomic E-state index is 10.5. The number of aliphatic hydroxyl groups is 2. The molecule has 4 atom stereocenters. The van der Waals surface area contributed by atoms with Gasteiger partial charge in [-0.3, -0.25) is 4.79 Å². The first kappa shape index (κ1) is 21.9. The Bertz CT molecular complexity index is 443. The topological polar surface area (TPSA) is 99.0 Å². The second kappa shape index (κ2) is 12.2. The van der Waals surface area contributed by atoms with Crippen molar-refractivity contribution in [1.29, 1.82) is 0 Å². The van der Waals surface area contributed by atoms with E-state index in [1.165, 1.54) is 0 Å². The van der Waals surface area contributed by atoms with Crippen LogP contribution in [0.3, 0.4) is 0 Å². The molecule has 1 rings (SSSR count). The predicted octanol–water partition coefficient (Wildman–Crippen LogP) is 2.24. The number of carbonyl (C=O) groups is 1. The third-order valence-corrected chi connectivity index (χ3v) is 4.83. The fourth-order valence-corrected chi connectivity index (χ4v) is 3.24. The Balaban J connectivity index is 2.38. The van der Waals surface area contributed by atoms with Crippen LogP contribution in [0.5, 0.6) is 0 Å². The molecule has 25 heavy (non-hydrogen) atoms. The monoisotopic (exact) mass is 373 g/mol. The number of hydrogen-bond donors (Lipinski definition) is 4. The molecule has 0 aromatic rings. The van der Waals surface area contributed by atoms with Crippen molar-refractivity contribution < 1.29 is 24.9 Å². The zero-order chi connectivity index (χ0) is 18.7. The Kier molecular flexibility index (Phi) is 10.7. The molecule has 0 radical (unpaired) electrons. The average molecular weight is 374 g/mol. The summed E-state index contributed by atoms with van der Waals surface area (Å²) in [6.07, 6.45) is 7.27. The maximum atomic E-state index is 10.5. The second-order valence-electron chi connectivity index (χ2n) is 6.57. The molecular weight excluding hydrogens is 342 g/mol. The van der Waals surface area contributed by atoms with Crippen LogP contribution in [0.2, 0.25) is 0 Å². The van der Waals surface area contributed by atoms with Gasteiger partial charge in [0.25, 0.3) is 5.17 Å². The summed E-state index contributed by atoms with van der Waals surface area (Å²) < 4.78 is 5.55. The summed E-state index contributed by atoms with van der Waals surface area (Å²) in [6.45, 7) is 3.16. The molecule has 1 saturated carbocycles. The molecule has 0 bridgehead atoms. The minimum absolute atomic E-state index is 0.0795. The van der Waals surface area contributed by atoms with Crippen LogP contribution < -0.4 is 5.32 Å². The normalized spacial score (nSPS) is 26.0. The van der Waals surface area contributed by atoms with E-state index in [4.69, 9.17) is 22.1 Å². The summed E-state index contributed by atoms with van der Waals surface area (Å²) in [5, 5.41) is 32.3. The molecule has 4 N–H and O–H groups in total. The number of nitrogens with one attached hydrogen (secondary N) is 1. The summed E-state index contributed by atoms with van der Waals surface area (Å²) >= 11 is 5.13. The van der Waals surface area contributed by atoms with Gasteiger partial charge >= 0.3 is 5.97 Å². The molecule has 6 nitrogen and oxygen atoms in total. The van der Waals surface area contributed by atoms with Crippen LogP contribution in [0.15, 0.2) is 12.2 Å². The predicted molar refractivity (Wildman–Crippen MR) is 100 cm³/mol. The highest BCUT2D eigenvalue weighted by Crippen LogP contribution is 2.35. The Morgan fingerprint density at radius 2 is 1.96 bits per heavy atom. The molecule has 0 saturated heterocycles. The molecule has 0 aromatic heterocycles. The van der Waals surface area contributed by atoms with Gasteiger partial charge in [-0.2, -0.15) is 0 Å². The first-order valence-electron chi connectivity index (χ1n) is 9.09. The van der Waals surface area contributed by atoms with Crippen molar-refractivity contribution in [2.75, 3.05) is 13.2 Å². The first-order valence-corrected chi connectivity index (χ1v) is 9.50. The Morgan fingerprint density at radius 3 is 2.64 bits per heavy atom. The van der Waals surface area contributed by atoms with Crippen LogP contribution in [0.4, 0.5) is 0 Å². The molecule has 144 valence electrons. The number of ether oxygens (including phenoxy) is 1. The Hall–Kier alpha value is -1.18. The molecule has 1 aliphatic rings. The molecular formula is C18H31NO5S. The molecule has 0 aliphatic heterocycles. The lowest BCUT2D eigenvalue weighted by molar-refractivity contribution is -0.137. The van der Waals surface area contributed by atoms with Crippen molar-refractivity contribution in [3.05, 3.63) is 12.2 Å². The first-order chi connectivity index (χ1) is 12.0. The van der Waals surface area contributed by atoms with E-state index in [1.54, 1.807) is 0 Å². The van der Waals surface area contributed by atoms with Crippen LogP contribution in [0.25, 0.3) is 0 Å². The number of carboxylic acids is 1. The van der Waals surface area contributed by atoms with Crippen molar-refractivity contribution in [2.24, 2.45) is 11.8 Å². The number of carboxylic acid groups (broad SMARTS) is 1. The van der Waals surface area contributed by atoms with E-state index in [0.29, 0.717) is 30.9 Å². The maximum Gasteiger partial charge on any atom is 0.303 e. The van der Waals surface area contributed by atoms with E-state index in [2.05, 4.69) is 12.2 Å². The zero-order valence-electron chi connectivity index (χ0n) is 14.9. The second-order valence-corrected chi connectivity index (χ2v) is 6.94. The number of aliphatic carboxylic acids is 1. The molecule has 7 heteroatoms. The van der Waals surface area contributed by atoms with Crippen molar-refractivity contribution in [3.8, 4) is 0 Å². The number of thiocarbonyl (C=S) groups is 1. The van der Waals surface area contributed by atoms with Crippen LogP contribution in [0, 0.1) is 11.8 Å². The van der Waals surface area contributed by atoms with Gasteiger partial charge in [-0.05, 0) is 50.2 Å². The minimum atomic E-state index is -0.788. The third kappa shape index (κ3) is 8.65. The van der Waals surface area contributed by atoms with Crippen molar-refractivity contribution in [1.82, 2.24) is 5.32 Å². The molecule has 0 aromatic carbocycles. The van der Waals surface area contributed by atoms with Gasteiger partial charge in [-0.1, -0.05) is 25.5 Å². The van der Waals surface area contributed by atoms with Crippen molar-refractivity contribution in [3.63, 3.8) is 0 Å². The summed E-state index contributed by atoms with van der Waals surface area (Å²) in [6, 6.07) is 0. The smallest absolute Gasteiger partial charge is 0.303 e. The van der Waals surface area contributed by atoms with Crippen LogP contribution in [-0.2, 0) is 9.53 Å². The largest absolute Gasteiger partial charge is 0.481 e. The van der Waals surface area contributed by atoms with Crippen molar-refractivity contribution >= 4 is 23.4 Å². The number of hydrogen-bond acceptors (Lipinski definition) is 5. The van der Waals surface area contributed by atoms with E-state index in [-0.39, 0.29) is 24.9 Å². The average Bonchev–Trinajstić information content (AvgIpc) is 2.82. The summed E-state index contributed by atoms with van der Waals surface area (Å²) in [5.74, 6) is -1.03. The van der Waals surface area contributed by atoms with Crippen LogP contribution in [0.1, 0.15) is 51.9 Å². The fourth-order valence-electron chi connectivity index (χ4n) is 3.07. The molecule has 1 aliphatic carbocycles. The number of allylic oxidation sites excluding steroid dienone is 2. The lowest BCUT2D eigenvalue weighted by Crippen LogP contribution is -2.31. The highest BCUT2D eigenvalue weighted by atomic mass is 32.1. The van der Waals surface area contributed by atoms with Gasteiger partial charge in [0.1, 0.15) is 0 Å². The van der Waals surface area contributed by atoms with E-state index >= 15 is 0 Å². The Labute approximate surface area is 155 Å². The molecule has 0 spiro atoms. The standard InChI is InChI=1S/C18H31NO5S/c1-2-3-10-19-18(25)24-12-14-13(15(20)11-16(14)21)8-6-4-5-7-9-17(22)23/h4,6,13-16,20-21H,2-3,5,7-12H2,1H3,(H,19,25)(H,22,23)/t13-,14-,15+,16-/m1/s1. The number of aliphatic hydroxyl groups excluding tert-OH is 2. The lowest BCUT2D eigenvalue weighted by atomic mass is 9.91. The van der Waals surface area contributed by atoms with E-state index in [1.807, 2.05) is 12.2 Å². The highest BCUT2D eigenvalue weighted by Gasteiger charge is 2.41. The summed E-state index contributed by atoms with van der Waals surface area (Å²) in [5.41, 5.74) is 0. The molecule has 0 amide bonds. The molecule has 0 unspecified atom stereocenters. The fraction of sp³-hybridized carbons (Fsp3) is 0.778. The lowest BCUT2D eigenvalue weighted by Gasteiger charge is -2.23. The number of rotatable bonds is 11. The van der Waals surface area contributed by atoms with Crippen LogP contribution in [-0.4, -0.2) is 51.8 Å². The van der Waals surface area contributed by atoms with Crippen molar-refractivity contribution in [2.45, 2.75) is 64.1 Å². The zero-order valence-corrected chi connectivity index (χ0v) is 15.7.